The average Bonchev–Trinajstić information content (AvgIpc) is 2.47. The van der Waals surface area contributed by atoms with E-state index in [4.69, 9.17) is 0 Å². The number of alkyl halides is 2. The molecule has 0 unspecified atom stereocenters. The minimum Gasteiger partial charge on any atom is -0.305 e. The van der Waals surface area contributed by atoms with Crippen molar-refractivity contribution in [3.8, 4) is 0 Å². The highest BCUT2D eigenvalue weighted by molar-refractivity contribution is 9.10. The third kappa shape index (κ3) is 1.44. The summed E-state index contributed by atoms with van der Waals surface area (Å²) in [7, 11) is 0. The zero-order valence-electron chi connectivity index (χ0n) is 6.42. The van der Waals surface area contributed by atoms with Gasteiger partial charge < -0.3 is 4.40 Å². The highest BCUT2D eigenvalue weighted by Gasteiger charge is 2.08. The Morgan fingerprint density at radius 1 is 1.38 bits per heavy atom. The van der Waals surface area contributed by atoms with Crippen molar-refractivity contribution in [3.05, 3.63) is 34.8 Å². The van der Waals surface area contributed by atoms with E-state index in [9.17, 15) is 8.78 Å². The Balaban J connectivity index is 2.63. The summed E-state index contributed by atoms with van der Waals surface area (Å²) in [6, 6.07) is 3.00. The molecule has 0 spiro atoms. The fourth-order valence-electron chi connectivity index (χ4n) is 1.11. The van der Waals surface area contributed by atoms with E-state index < -0.39 is 6.43 Å². The van der Waals surface area contributed by atoms with Gasteiger partial charge in [-0.25, -0.2) is 13.8 Å². The predicted octanol–water partition coefficient (Wildman–Crippen LogP) is 3.03. The summed E-state index contributed by atoms with van der Waals surface area (Å²) in [5.41, 5.74) is 0.779. The average molecular weight is 247 g/mol. The second kappa shape index (κ2) is 3.06. The van der Waals surface area contributed by atoms with E-state index in [-0.39, 0.29) is 5.56 Å². The van der Waals surface area contributed by atoms with Crippen LogP contribution in [0.15, 0.2) is 29.3 Å². The maximum atomic E-state index is 12.3. The van der Waals surface area contributed by atoms with Crippen molar-refractivity contribution in [2.75, 3.05) is 0 Å². The molecule has 0 N–H and O–H groups in total. The molecule has 2 nitrogen and oxygen atoms in total. The van der Waals surface area contributed by atoms with Crippen molar-refractivity contribution < 1.29 is 8.78 Å². The zero-order valence-corrected chi connectivity index (χ0v) is 8.00. The summed E-state index contributed by atoms with van der Waals surface area (Å²) in [6.07, 6.45) is 0.425. The number of nitrogens with zero attached hydrogens (tertiary/aromatic N) is 2. The van der Waals surface area contributed by atoms with Crippen molar-refractivity contribution >= 4 is 21.4 Å². The Hall–Kier alpha value is -0.970. The summed E-state index contributed by atoms with van der Waals surface area (Å²) >= 11 is 3.21. The molecule has 0 saturated carbocycles. The van der Waals surface area contributed by atoms with Crippen LogP contribution in [0.5, 0.6) is 0 Å². The van der Waals surface area contributed by atoms with Gasteiger partial charge in [-0.05, 0) is 28.1 Å². The largest absolute Gasteiger partial charge is 0.305 e. The standard InChI is InChI=1S/C8H5BrF2N2/c9-7-6-2-1-5(8(10)11)3-13(6)4-12-7/h1-4,8H. The van der Waals surface area contributed by atoms with Crippen LogP contribution < -0.4 is 0 Å². The minimum atomic E-state index is -2.44. The molecule has 2 heterocycles. The van der Waals surface area contributed by atoms with Gasteiger partial charge in [0.25, 0.3) is 6.43 Å². The van der Waals surface area contributed by atoms with Gasteiger partial charge in [0.05, 0.1) is 5.52 Å². The molecule has 0 atom stereocenters. The molecule has 0 bridgehead atoms. The summed E-state index contributed by atoms with van der Waals surface area (Å²) in [5.74, 6) is 0. The normalized spacial score (nSPS) is 11.4. The van der Waals surface area contributed by atoms with Crippen LogP contribution in [0.25, 0.3) is 5.52 Å². The predicted molar refractivity (Wildman–Crippen MR) is 47.8 cm³/mol. The second-order valence-electron chi connectivity index (χ2n) is 2.59. The molecule has 2 aromatic heterocycles. The molecule has 0 radical (unpaired) electrons. The van der Waals surface area contributed by atoms with Crippen LogP contribution in [-0.4, -0.2) is 9.38 Å². The van der Waals surface area contributed by atoms with Crippen LogP contribution in [0.4, 0.5) is 8.78 Å². The van der Waals surface area contributed by atoms with E-state index in [1.54, 1.807) is 10.5 Å². The van der Waals surface area contributed by atoms with Crippen molar-refractivity contribution in [3.63, 3.8) is 0 Å². The van der Waals surface area contributed by atoms with E-state index in [2.05, 4.69) is 20.9 Å². The van der Waals surface area contributed by atoms with Gasteiger partial charge in [-0.3, -0.25) is 0 Å². The molecule has 2 rings (SSSR count). The molecule has 0 fully saturated rings. The van der Waals surface area contributed by atoms with Crippen molar-refractivity contribution in [1.29, 1.82) is 0 Å². The molecular formula is C8H5BrF2N2. The van der Waals surface area contributed by atoms with Crippen LogP contribution in [0.1, 0.15) is 12.0 Å². The zero-order chi connectivity index (χ0) is 9.42. The van der Waals surface area contributed by atoms with Gasteiger partial charge in [0, 0.05) is 11.8 Å². The molecule has 0 aliphatic rings. The maximum absolute atomic E-state index is 12.3. The highest BCUT2D eigenvalue weighted by Crippen LogP contribution is 2.22. The second-order valence-corrected chi connectivity index (χ2v) is 3.34. The first kappa shape index (κ1) is 8.62. The Kier molecular flexibility index (Phi) is 2.03. The molecule has 0 aliphatic heterocycles. The van der Waals surface area contributed by atoms with E-state index in [1.165, 1.54) is 18.6 Å². The molecule has 0 amide bonds. The van der Waals surface area contributed by atoms with Gasteiger partial charge in [-0.1, -0.05) is 0 Å². The van der Waals surface area contributed by atoms with Crippen LogP contribution in [0.2, 0.25) is 0 Å². The fraction of sp³-hybridized carbons (Fsp3) is 0.125. The topological polar surface area (TPSA) is 17.3 Å². The summed E-state index contributed by atoms with van der Waals surface area (Å²) < 4.78 is 26.7. The van der Waals surface area contributed by atoms with E-state index >= 15 is 0 Å². The van der Waals surface area contributed by atoms with Gasteiger partial charge >= 0.3 is 0 Å². The minimum absolute atomic E-state index is 0.00241. The van der Waals surface area contributed by atoms with Crippen molar-refractivity contribution in [2.24, 2.45) is 0 Å². The number of imidazole rings is 1. The third-order valence-electron chi connectivity index (χ3n) is 1.76. The molecule has 0 saturated heterocycles. The number of hydrogen-bond donors (Lipinski definition) is 0. The lowest BCUT2D eigenvalue weighted by Crippen LogP contribution is -1.88. The molecule has 2 aromatic rings. The van der Waals surface area contributed by atoms with Crippen LogP contribution in [0, 0.1) is 0 Å². The molecule has 68 valence electrons. The lowest BCUT2D eigenvalue weighted by molar-refractivity contribution is 0.151. The number of pyridine rings is 1. The number of fused-ring (bicyclic) bond motifs is 1. The van der Waals surface area contributed by atoms with E-state index in [0.29, 0.717) is 4.60 Å². The molecule has 13 heavy (non-hydrogen) atoms. The summed E-state index contributed by atoms with van der Waals surface area (Å²) in [6.45, 7) is 0. The maximum Gasteiger partial charge on any atom is 0.265 e. The van der Waals surface area contributed by atoms with Crippen molar-refractivity contribution in [1.82, 2.24) is 9.38 Å². The van der Waals surface area contributed by atoms with Gasteiger partial charge in [0.2, 0.25) is 0 Å². The van der Waals surface area contributed by atoms with Crippen LogP contribution in [-0.2, 0) is 0 Å². The molecule has 5 heteroatoms. The van der Waals surface area contributed by atoms with Gasteiger partial charge in [-0.2, -0.15) is 0 Å². The first-order valence-electron chi connectivity index (χ1n) is 3.59. The number of hydrogen-bond acceptors (Lipinski definition) is 1. The van der Waals surface area contributed by atoms with Gasteiger partial charge in [-0.15, -0.1) is 0 Å². The van der Waals surface area contributed by atoms with E-state index in [1.807, 2.05) is 0 Å². The third-order valence-corrected chi connectivity index (χ3v) is 2.37. The molecular weight excluding hydrogens is 242 g/mol. The first-order valence-corrected chi connectivity index (χ1v) is 4.38. The van der Waals surface area contributed by atoms with Crippen LogP contribution in [0.3, 0.4) is 0 Å². The van der Waals surface area contributed by atoms with E-state index in [0.717, 1.165) is 5.52 Å². The SMILES string of the molecule is FC(F)c1ccc2c(Br)ncn2c1. The fourth-order valence-corrected chi connectivity index (χ4v) is 1.54. The Morgan fingerprint density at radius 3 is 2.85 bits per heavy atom. The smallest absolute Gasteiger partial charge is 0.265 e. The Bertz CT molecular complexity index is 439. The lowest BCUT2D eigenvalue weighted by Gasteiger charge is -1.99. The Labute approximate surface area is 81.3 Å². The number of aromatic nitrogens is 2. The van der Waals surface area contributed by atoms with Gasteiger partial charge in [0.1, 0.15) is 10.9 Å². The molecule has 0 aromatic carbocycles. The summed E-state index contributed by atoms with van der Waals surface area (Å²) in [5, 5.41) is 0. The quantitative estimate of drug-likeness (QED) is 0.757. The first-order chi connectivity index (χ1) is 6.18. The molecule has 0 aliphatic carbocycles. The van der Waals surface area contributed by atoms with Crippen LogP contribution >= 0.6 is 15.9 Å². The monoisotopic (exact) mass is 246 g/mol. The van der Waals surface area contributed by atoms with Gasteiger partial charge in [0.15, 0.2) is 0 Å². The number of halogens is 3. The lowest BCUT2D eigenvalue weighted by atomic mass is 10.3. The number of rotatable bonds is 1. The summed E-state index contributed by atoms with van der Waals surface area (Å²) in [4.78, 5) is 3.93. The highest BCUT2D eigenvalue weighted by atomic mass is 79.9. The Morgan fingerprint density at radius 2 is 2.15 bits per heavy atom. The van der Waals surface area contributed by atoms with Crippen molar-refractivity contribution in [2.45, 2.75) is 6.43 Å².